The number of nitrogens with one attached hydrogen (secondary N) is 1. The number of urea groups is 1. The largest absolute Gasteiger partial charge is 0.455 e. The second-order valence-electron chi connectivity index (χ2n) is 6.62. The lowest BCUT2D eigenvalue weighted by atomic mass is 9.82. The monoisotopic (exact) mass is 415 g/mol. The van der Waals surface area contributed by atoms with Gasteiger partial charge in [-0.15, -0.1) is 5.01 Å². The summed E-state index contributed by atoms with van der Waals surface area (Å²) in [4.78, 5) is 24.9. The molecule has 2 aliphatic rings. The molecule has 2 aromatic rings. The van der Waals surface area contributed by atoms with E-state index in [0.29, 0.717) is 24.4 Å². The molecule has 0 radical (unpaired) electrons. The third-order valence-electron chi connectivity index (χ3n) is 4.91. The lowest BCUT2D eigenvalue weighted by Crippen LogP contribution is -2.48. The van der Waals surface area contributed by atoms with Gasteiger partial charge in [0.15, 0.2) is 0 Å². The lowest BCUT2D eigenvalue weighted by Gasteiger charge is -2.29. The summed E-state index contributed by atoms with van der Waals surface area (Å²) >= 11 is 3.49. The lowest BCUT2D eigenvalue weighted by molar-refractivity contribution is -0.132. The Balaban J connectivity index is 1.53. The standard InChI is InChI=1S/C19H18BrN3O3/c20-15-7-3-2-6-14(15)16-9-8-13(26-16)12-21-23-17(24)19(22-18(23)25)10-4-1-5-11-19/h2-3,6-9,12H,1,4-5,10-11H2,(H,22,25)/b21-12+. The average Bonchev–Trinajstić information content (AvgIpc) is 3.19. The van der Waals surface area contributed by atoms with Crippen molar-refractivity contribution in [2.75, 3.05) is 0 Å². The van der Waals surface area contributed by atoms with Crippen LogP contribution in [0.5, 0.6) is 0 Å². The molecule has 1 saturated heterocycles. The first-order valence-electron chi connectivity index (χ1n) is 8.64. The van der Waals surface area contributed by atoms with Gasteiger partial charge in [0.25, 0.3) is 5.91 Å². The molecule has 0 unspecified atom stereocenters. The van der Waals surface area contributed by atoms with Crippen LogP contribution < -0.4 is 5.32 Å². The van der Waals surface area contributed by atoms with Gasteiger partial charge in [-0.25, -0.2) is 4.79 Å². The molecule has 1 aromatic carbocycles. The number of carbonyl (C=O) groups is 2. The summed E-state index contributed by atoms with van der Waals surface area (Å²) in [5.41, 5.74) is 0.152. The van der Waals surface area contributed by atoms with E-state index in [1.165, 1.54) is 6.21 Å². The third-order valence-corrected chi connectivity index (χ3v) is 5.61. The molecule has 134 valence electrons. The van der Waals surface area contributed by atoms with Crippen LogP contribution in [0.2, 0.25) is 0 Å². The fraction of sp³-hybridized carbons (Fsp3) is 0.316. The normalized spacial score (nSPS) is 19.5. The minimum absolute atomic E-state index is 0.268. The smallest absolute Gasteiger partial charge is 0.346 e. The van der Waals surface area contributed by atoms with Crippen LogP contribution in [-0.2, 0) is 4.79 Å². The van der Waals surface area contributed by atoms with E-state index in [4.69, 9.17) is 4.42 Å². The Kier molecular flexibility index (Phi) is 4.40. The van der Waals surface area contributed by atoms with Crippen molar-refractivity contribution in [2.45, 2.75) is 37.6 Å². The zero-order valence-electron chi connectivity index (χ0n) is 14.1. The van der Waals surface area contributed by atoms with E-state index in [-0.39, 0.29) is 5.91 Å². The summed E-state index contributed by atoms with van der Waals surface area (Å²) in [6, 6.07) is 10.8. The van der Waals surface area contributed by atoms with Crippen LogP contribution in [0.15, 0.2) is 50.4 Å². The van der Waals surface area contributed by atoms with Crippen molar-refractivity contribution in [3.8, 4) is 11.3 Å². The van der Waals surface area contributed by atoms with E-state index < -0.39 is 11.6 Å². The predicted octanol–water partition coefficient (Wildman–Crippen LogP) is 4.30. The van der Waals surface area contributed by atoms with Crippen LogP contribution in [0.3, 0.4) is 0 Å². The van der Waals surface area contributed by atoms with Gasteiger partial charge in [0.2, 0.25) is 0 Å². The van der Waals surface area contributed by atoms with E-state index >= 15 is 0 Å². The van der Waals surface area contributed by atoms with Crippen LogP contribution in [0, 0.1) is 0 Å². The molecule has 1 spiro atoms. The molecular formula is C19H18BrN3O3. The summed E-state index contributed by atoms with van der Waals surface area (Å²) in [5, 5.41) is 7.83. The van der Waals surface area contributed by atoms with Crippen molar-refractivity contribution in [1.82, 2.24) is 10.3 Å². The number of halogens is 1. The SMILES string of the molecule is O=C1NC2(CCCCC2)C(=O)N1/N=C/c1ccc(-c2ccccc2Br)o1. The highest BCUT2D eigenvalue weighted by Gasteiger charge is 2.51. The van der Waals surface area contributed by atoms with Crippen molar-refractivity contribution >= 4 is 34.1 Å². The Morgan fingerprint density at radius 3 is 2.65 bits per heavy atom. The van der Waals surface area contributed by atoms with E-state index in [1.807, 2.05) is 30.3 Å². The number of imide groups is 1. The quantitative estimate of drug-likeness (QED) is 0.599. The fourth-order valence-corrected chi connectivity index (χ4v) is 4.03. The maximum Gasteiger partial charge on any atom is 0.346 e. The molecule has 6 nitrogen and oxygen atoms in total. The Bertz CT molecular complexity index is 884. The summed E-state index contributed by atoms with van der Waals surface area (Å²) in [5.74, 6) is 0.886. The summed E-state index contributed by atoms with van der Waals surface area (Å²) in [7, 11) is 0. The third kappa shape index (κ3) is 2.96. The number of amides is 3. The van der Waals surface area contributed by atoms with Gasteiger partial charge in [0.05, 0.1) is 6.21 Å². The second kappa shape index (κ2) is 6.72. The molecular weight excluding hydrogens is 398 g/mol. The maximum atomic E-state index is 12.7. The first-order chi connectivity index (χ1) is 12.6. The van der Waals surface area contributed by atoms with E-state index in [2.05, 4.69) is 26.3 Å². The summed E-state index contributed by atoms with van der Waals surface area (Å²) < 4.78 is 6.69. The highest BCUT2D eigenvalue weighted by Crippen LogP contribution is 2.34. The first-order valence-corrected chi connectivity index (χ1v) is 9.44. The summed E-state index contributed by atoms with van der Waals surface area (Å²) in [6.45, 7) is 0. The zero-order valence-corrected chi connectivity index (χ0v) is 15.7. The molecule has 26 heavy (non-hydrogen) atoms. The Hall–Kier alpha value is -2.41. The van der Waals surface area contributed by atoms with Gasteiger partial charge in [-0.1, -0.05) is 53.4 Å². The van der Waals surface area contributed by atoms with Crippen molar-refractivity contribution in [3.63, 3.8) is 0 Å². The Morgan fingerprint density at radius 2 is 1.88 bits per heavy atom. The molecule has 0 bridgehead atoms. The number of hydrogen-bond acceptors (Lipinski definition) is 4. The number of furan rings is 1. The van der Waals surface area contributed by atoms with Crippen LogP contribution in [0.25, 0.3) is 11.3 Å². The molecule has 0 atom stereocenters. The van der Waals surface area contributed by atoms with Gasteiger partial charge in [0, 0.05) is 10.0 Å². The van der Waals surface area contributed by atoms with Gasteiger partial charge in [0.1, 0.15) is 17.1 Å². The van der Waals surface area contributed by atoms with Gasteiger partial charge < -0.3 is 9.73 Å². The topological polar surface area (TPSA) is 74.9 Å². The van der Waals surface area contributed by atoms with Crippen LogP contribution >= 0.6 is 15.9 Å². The molecule has 7 heteroatoms. The van der Waals surface area contributed by atoms with Gasteiger partial charge in [-0.3, -0.25) is 4.79 Å². The molecule has 2 heterocycles. The number of hydrogen-bond donors (Lipinski definition) is 1. The second-order valence-corrected chi connectivity index (χ2v) is 7.47. The van der Waals surface area contributed by atoms with Crippen LogP contribution in [-0.4, -0.2) is 28.7 Å². The minimum atomic E-state index is -0.768. The summed E-state index contributed by atoms with van der Waals surface area (Å²) in [6.07, 6.45) is 5.74. The number of hydrazone groups is 1. The van der Waals surface area contributed by atoms with Crippen molar-refractivity contribution in [3.05, 3.63) is 46.6 Å². The highest BCUT2D eigenvalue weighted by atomic mass is 79.9. The van der Waals surface area contributed by atoms with Gasteiger partial charge in [-0.2, -0.15) is 5.10 Å². The van der Waals surface area contributed by atoms with Crippen LogP contribution in [0.4, 0.5) is 4.79 Å². The fourth-order valence-electron chi connectivity index (χ4n) is 3.55. The van der Waals surface area contributed by atoms with Crippen LogP contribution in [0.1, 0.15) is 37.9 Å². The number of rotatable bonds is 3. The first kappa shape index (κ1) is 17.0. The molecule has 2 fully saturated rings. The minimum Gasteiger partial charge on any atom is -0.455 e. The number of carbonyl (C=O) groups excluding carboxylic acids is 2. The molecule has 1 saturated carbocycles. The zero-order chi connectivity index (χ0) is 18.1. The van der Waals surface area contributed by atoms with E-state index in [9.17, 15) is 9.59 Å². The Morgan fingerprint density at radius 1 is 1.12 bits per heavy atom. The molecule has 1 aliphatic carbocycles. The van der Waals surface area contributed by atoms with E-state index in [1.54, 1.807) is 6.07 Å². The molecule has 1 N–H and O–H groups in total. The number of nitrogens with zero attached hydrogens (tertiary/aromatic N) is 2. The van der Waals surface area contributed by atoms with Crippen molar-refractivity contribution < 1.29 is 14.0 Å². The van der Waals surface area contributed by atoms with Crippen molar-refractivity contribution in [1.29, 1.82) is 0 Å². The molecule has 4 rings (SSSR count). The molecule has 1 aliphatic heterocycles. The maximum absolute atomic E-state index is 12.7. The average molecular weight is 416 g/mol. The Labute approximate surface area is 159 Å². The van der Waals surface area contributed by atoms with Gasteiger partial charge >= 0.3 is 6.03 Å². The number of benzene rings is 1. The molecule has 3 amide bonds. The van der Waals surface area contributed by atoms with E-state index in [0.717, 1.165) is 34.3 Å². The molecule has 1 aromatic heterocycles. The highest BCUT2D eigenvalue weighted by molar-refractivity contribution is 9.10. The predicted molar refractivity (Wildman–Crippen MR) is 101 cm³/mol. The van der Waals surface area contributed by atoms with Crippen molar-refractivity contribution in [2.24, 2.45) is 5.10 Å². The van der Waals surface area contributed by atoms with Gasteiger partial charge in [-0.05, 0) is 31.0 Å².